The van der Waals surface area contributed by atoms with Gasteiger partial charge in [0, 0.05) is 25.3 Å². The number of carbonyl (C=O) groups excluding carboxylic acids is 1. The number of nitrogens with one attached hydrogen (secondary N) is 2. The van der Waals surface area contributed by atoms with Crippen molar-refractivity contribution in [3.8, 4) is 0 Å². The van der Waals surface area contributed by atoms with E-state index >= 15 is 0 Å². The molecular weight excluding hydrogens is 407 g/mol. The molecule has 0 unspecified atom stereocenters. The van der Waals surface area contributed by atoms with Gasteiger partial charge in [-0.25, -0.2) is 19.0 Å². The topological polar surface area (TPSA) is 94.0 Å². The van der Waals surface area contributed by atoms with Crippen LogP contribution < -0.4 is 10.6 Å². The highest BCUT2D eigenvalue weighted by atomic mass is 32.2. The zero-order chi connectivity index (χ0) is 21.3. The molecule has 2 aromatic heterocycles. The van der Waals surface area contributed by atoms with E-state index in [1.807, 2.05) is 13.8 Å². The summed E-state index contributed by atoms with van der Waals surface area (Å²) >= 11 is 1.55. The van der Waals surface area contributed by atoms with Crippen molar-refractivity contribution >= 4 is 34.5 Å². The number of rotatable bonds is 11. The van der Waals surface area contributed by atoms with Crippen molar-refractivity contribution < 1.29 is 13.9 Å². The Morgan fingerprint density at radius 3 is 2.73 bits per heavy atom. The molecule has 2 heterocycles. The fourth-order valence-corrected chi connectivity index (χ4v) is 3.36. The number of hydrogen-bond acceptors (Lipinski definition) is 7. The maximum atomic E-state index is 13.0. The molecule has 8 nitrogen and oxygen atoms in total. The van der Waals surface area contributed by atoms with Crippen LogP contribution in [0.15, 0.2) is 35.6 Å². The van der Waals surface area contributed by atoms with Crippen molar-refractivity contribution in [2.24, 2.45) is 0 Å². The predicted octanol–water partition coefficient (Wildman–Crippen LogP) is 2.96. The van der Waals surface area contributed by atoms with Crippen molar-refractivity contribution in [1.29, 1.82) is 0 Å². The minimum atomic E-state index is -0.374. The number of nitrogens with zero attached hydrogens (tertiary/aromatic N) is 4. The molecule has 0 saturated carbocycles. The Morgan fingerprint density at radius 1 is 1.20 bits per heavy atom. The maximum Gasteiger partial charge on any atom is 0.251 e. The molecule has 160 valence electrons. The van der Waals surface area contributed by atoms with Crippen molar-refractivity contribution in [2.45, 2.75) is 25.5 Å². The lowest BCUT2D eigenvalue weighted by atomic mass is 10.2. The molecule has 0 atom stereocenters. The van der Waals surface area contributed by atoms with Gasteiger partial charge in [-0.05, 0) is 36.9 Å². The highest BCUT2D eigenvalue weighted by Gasteiger charge is 2.13. The van der Waals surface area contributed by atoms with Gasteiger partial charge in [0.05, 0.1) is 24.7 Å². The van der Waals surface area contributed by atoms with E-state index in [0.29, 0.717) is 49.2 Å². The van der Waals surface area contributed by atoms with Crippen molar-refractivity contribution in [3.63, 3.8) is 0 Å². The van der Waals surface area contributed by atoms with Crippen LogP contribution in [0, 0.1) is 5.82 Å². The van der Waals surface area contributed by atoms with Crippen LogP contribution in [-0.4, -0.2) is 57.7 Å². The molecule has 0 aliphatic carbocycles. The van der Waals surface area contributed by atoms with Crippen LogP contribution >= 0.6 is 11.8 Å². The summed E-state index contributed by atoms with van der Waals surface area (Å²) < 4.78 is 20.1. The Morgan fingerprint density at radius 2 is 2.00 bits per heavy atom. The van der Waals surface area contributed by atoms with Gasteiger partial charge < -0.3 is 15.4 Å². The summed E-state index contributed by atoms with van der Waals surface area (Å²) in [6, 6.07) is 5.44. The molecule has 0 radical (unpaired) electrons. The summed E-state index contributed by atoms with van der Waals surface area (Å²) in [5.74, 6) is 0.936. The SMILES string of the molecule is CCOCCNc1nc(SCC)nc2c1cnn2CCNC(=O)c1ccc(F)cc1. The van der Waals surface area contributed by atoms with Gasteiger partial charge in [-0.3, -0.25) is 4.79 Å². The minimum Gasteiger partial charge on any atom is -0.380 e. The molecule has 0 fully saturated rings. The van der Waals surface area contributed by atoms with E-state index in [0.717, 1.165) is 17.0 Å². The van der Waals surface area contributed by atoms with E-state index in [1.165, 1.54) is 24.3 Å². The van der Waals surface area contributed by atoms with Gasteiger partial charge in [-0.15, -0.1) is 0 Å². The van der Waals surface area contributed by atoms with Crippen LogP contribution in [-0.2, 0) is 11.3 Å². The summed E-state index contributed by atoms with van der Waals surface area (Å²) in [4.78, 5) is 21.4. The molecule has 0 saturated heterocycles. The van der Waals surface area contributed by atoms with Crippen molar-refractivity contribution in [1.82, 2.24) is 25.1 Å². The van der Waals surface area contributed by atoms with E-state index < -0.39 is 0 Å². The van der Waals surface area contributed by atoms with Crippen molar-refractivity contribution in [3.05, 3.63) is 41.8 Å². The third-order valence-electron chi connectivity index (χ3n) is 4.21. The van der Waals surface area contributed by atoms with Gasteiger partial charge in [0.2, 0.25) is 0 Å². The number of benzene rings is 1. The van der Waals surface area contributed by atoms with Gasteiger partial charge in [0.25, 0.3) is 5.91 Å². The number of halogens is 1. The highest BCUT2D eigenvalue weighted by molar-refractivity contribution is 7.99. The zero-order valence-corrected chi connectivity index (χ0v) is 17.8. The second-order valence-corrected chi connectivity index (χ2v) is 7.51. The van der Waals surface area contributed by atoms with Gasteiger partial charge in [-0.1, -0.05) is 18.7 Å². The Balaban J connectivity index is 1.69. The number of fused-ring (bicyclic) bond motifs is 1. The highest BCUT2D eigenvalue weighted by Crippen LogP contribution is 2.24. The Kier molecular flexibility index (Phi) is 7.97. The van der Waals surface area contributed by atoms with Crippen LogP contribution in [0.2, 0.25) is 0 Å². The maximum absolute atomic E-state index is 13.0. The molecule has 0 spiro atoms. The van der Waals surface area contributed by atoms with Crippen LogP contribution in [0.1, 0.15) is 24.2 Å². The van der Waals surface area contributed by atoms with Crippen LogP contribution in [0.3, 0.4) is 0 Å². The normalized spacial score (nSPS) is 11.0. The number of aromatic nitrogens is 4. The molecule has 3 rings (SSSR count). The first-order valence-electron chi connectivity index (χ1n) is 9.84. The number of amides is 1. The summed E-state index contributed by atoms with van der Waals surface area (Å²) in [5, 5.41) is 12.0. The fraction of sp³-hybridized carbons (Fsp3) is 0.400. The molecule has 10 heteroatoms. The van der Waals surface area contributed by atoms with Crippen LogP contribution in [0.5, 0.6) is 0 Å². The number of thioether (sulfide) groups is 1. The molecular formula is C20H25FN6O2S. The van der Waals surface area contributed by atoms with E-state index in [4.69, 9.17) is 4.74 Å². The lowest BCUT2D eigenvalue weighted by molar-refractivity contribution is 0.0952. The molecule has 30 heavy (non-hydrogen) atoms. The minimum absolute atomic E-state index is 0.262. The quantitative estimate of drug-likeness (QED) is 0.273. The predicted molar refractivity (Wildman–Crippen MR) is 115 cm³/mol. The van der Waals surface area contributed by atoms with E-state index in [9.17, 15) is 9.18 Å². The average Bonchev–Trinajstić information content (AvgIpc) is 3.15. The smallest absolute Gasteiger partial charge is 0.251 e. The largest absolute Gasteiger partial charge is 0.380 e. The summed E-state index contributed by atoms with van der Waals surface area (Å²) in [7, 11) is 0. The number of hydrogen-bond donors (Lipinski definition) is 2. The van der Waals surface area contributed by atoms with Gasteiger partial charge >= 0.3 is 0 Å². The Labute approximate surface area is 178 Å². The Bertz CT molecular complexity index is 979. The molecule has 0 aliphatic heterocycles. The third kappa shape index (κ3) is 5.67. The molecule has 3 aromatic rings. The average molecular weight is 433 g/mol. The van der Waals surface area contributed by atoms with Gasteiger partial charge in [-0.2, -0.15) is 5.10 Å². The molecule has 0 aliphatic rings. The summed E-state index contributed by atoms with van der Waals surface area (Å²) in [5.41, 5.74) is 1.11. The monoisotopic (exact) mass is 432 g/mol. The molecule has 0 bridgehead atoms. The Hall–Kier alpha value is -2.72. The first-order chi connectivity index (χ1) is 14.6. The van der Waals surface area contributed by atoms with Crippen LogP contribution in [0.4, 0.5) is 10.2 Å². The third-order valence-corrected chi connectivity index (χ3v) is 4.94. The van der Waals surface area contributed by atoms with Gasteiger partial charge in [0.1, 0.15) is 11.6 Å². The lowest BCUT2D eigenvalue weighted by Crippen LogP contribution is -2.27. The molecule has 2 N–H and O–H groups in total. The van der Waals surface area contributed by atoms with Gasteiger partial charge in [0.15, 0.2) is 10.8 Å². The lowest BCUT2D eigenvalue weighted by Gasteiger charge is -2.10. The summed E-state index contributed by atoms with van der Waals surface area (Å²) in [6.07, 6.45) is 1.72. The first kappa shape index (κ1) is 22.0. The molecule has 1 aromatic carbocycles. The second kappa shape index (κ2) is 10.9. The van der Waals surface area contributed by atoms with Crippen LogP contribution in [0.25, 0.3) is 11.0 Å². The number of carbonyl (C=O) groups is 1. The van der Waals surface area contributed by atoms with Crippen molar-refractivity contribution in [2.75, 3.05) is 37.4 Å². The number of anilines is 1. The zero-order valence-electron chi connectivity index (χ0n) is 17.0. The van der Waals surface area contributed by atoms with E-state index in [1.54, 1.807) is 22.6 Å². The number of ether oxygens (including phenoxy) is 1. The standard InChI is InChI=1S/C20H25FN6O2S/c1-3-29-12-10-22-17-16-13-24-27(18(16)26-20(25-17)30-4-2)11-9-23-19(28)14-5-7-15(21)8-6-14/h5-8,13H,3-4,9-12H2,1-2H3,(H,23,28)(H,22,25,26). The molecule has 1 amide bonds. The van der Waals surface area contributed by atoms with E-state index in [-0.39, 0.29) is 11.7 Å². The van der Waals surface area contributed by atoms with E-state index in [2.05, 4.69) is 25.7 Å². The summed E-state index contributed by atoms with van der Waals surface area (Å²) in [6.45, 7) is 6.69. The second-order valence-electron chi connectivity index (χ2n) is 6.28. The fourth-order valence-electron chi connectivity index (χ4n) is 2.79. The first-order valence-corrected chi connectivity index (χ1v) is 10.8.